The summed E-state index contributed by atoms with van der Waals surface area (Å²) in [5.74, 6) is 1.95. The molecule has 1 saturated heterocycles. The van der Waals surface area contributed by atoms with Crippen LogP contribution >= 0.6 is 0 Å². The minimum atomic E-state index is 0.0329. The van der Waals surface area contributed by atoms with E-state index in [1.54, 1.807) is 6.33 Å². The molecule has 1 unspecified atom stereocenters. The van der Waals surface area contributed by atoms with Crippen LogP contribution in [0.5, 0.6) is 0 Å². The topological polar surface area (TPSA) is 90.4 Å². The molecule has 0 radical (unpaired) electrons. The third-order valence-corrected chi connectivity index (χ3v) is 5.06. The molecular weight excluding hydrogens is 366 g/mol. The maximum atomic E-state index is 12.0. The van der Waals surface area contributed by atoms with Crippen molar-refractivity contribution in [1.82, 2.24) is 9.97 Å². The first-order valence-electron chi connectivity index (χ1n) is 10.4. The van der Waals surface area contributed by atoms with E-state index < -0.39 is 0 Å². The molecule has 1 amide bonds. The van der Waals surface area contributed by atoms with Crippen LogP contribution in [0.1, 0.15) is 45.1 Å². The van der Waals surface area contributed by atoms with Crippen molar-refractivity contribution in [3.8, 4) is 0 Å². The summed E-state index contributed by atoms with van der Waals surface area (Å²) in [6, 6.07) is 9.88. The van der Waals surface area contributed by atoms with Crippen LogP contribution in [0.3, 0.4) is 0 Å². The van der Waals surface area contributed by atoms with E-state index in [2.05, 4.69) is 25.5 Å². The lowest BCUT2D eigenvalue weighted by atomic mass is 10.0. The first kappa shape index (κ1) is 21.0. The van der Waals surface area contributed by atoms with Gasteiger partial charge in [0.1, 0.15) is 18.0 Å². The number of nitrogens with zero attached hydrogens (tertiary/aromatic N) is 3. The number of carbonyl (C=O) groups is 1. The summed E-state index contributed by atoms with van der Waals surface area (Å²) in [4.78, 5) is 22.9. The Balaban J connectivity index is 1.61. The Morgan fingerprint density at radius 1 is 1.28 bits per heavy atom. The number of amides is 1. The molecule has 3 N–H and O–H groups in total. The Hall–Kier alpha value is -2.67. The lowest BCUT2D eigenvalue weighted by Crippen LogP contribution is -2.42. The fourth-order valence-corrected chi connectivity index (χ4v) is 3.63. The number of aliphatic hydroxyl groups is 1. The van der Waals surface area contributed by atoms with Crippen molar-refractivity contribution in [2.45, 2.75) is 52.1 Å². The van der Waals surface area contributed by atoms with Crippen LogP contribution in [0.2, 0.25) is 0 Å². The van der Waals surface area contributed by atoms with E-state index in [-0.39, 0.29) is 18.6 Å². The van der Waals surface area contributed by atoms with Crippen molar-refractivity contribution < 1.29 is 9.90 Å². The Labute approximate surface area is 172 Å². The van der Waals surface area contributed by atoms with Crippen LogP contribution in [0.4, 0.5) is 17.3 Å². The van der Waals surface area contributed by atoms with Crippen LogP contribution in [-0.4, -0.2) is 40.2 Å². The second-order valence-corrected chi connectivity index (χ2v) is 7.99. The van der Waals surface area contributed by atoms with Gasteiger partial charge in [-0.05, 0) is 42.9 Å². The molecule has 2 heterocycles. The molecule has 7 heteroatoms. The Morgan fingerprint density at radius 3 is 2.93 bits per heavy atom. The highest BCUT2D eigenvalue weighted by atomic mass is 16.3. The highest BCUT2D eigenvalue weighted by Crippen LogP contribution is 2.24. The minimum absolute atomic E-state index is 0.0329. The third kappa shape index (κ3) is 6.15. The SMILES string of the molecule is CC(C)CC(=O)Nc1cccc(CNc2cc(N3CCCCC3CO)ncn2)c1. The Morgan fingerprint density at radius 2 is 2.14 bits per heavy atom. The van der Waals surface area contributed by atoms with Gasteiger partial charge in [-0.15, -0.1) is 0 Å². The molecule has 7 nitrogen and oxygen atoms in total. The first-order chi connectivity index (χ1) is 14.0. The molecule has 0 aliphatic carbocycles. The second-order valence-electron chi connectivity index (χ2n) is 7.99. The number of piperidine rings is 1. The number of aromatic nitrogens is 2. The quantitative estimate of drug-likeness (QED) is 0.632. The van der Waals surface area contributed by atoms with Gasteiger partial charge in [-0.2, -0.15) is 0 Å². The smallest absolute Gasteiger partial charge is 0.224 e. The molecule has 1 atom stereocenters. The molecule has 29 heavy (non-hydrogen) atoms. The molecule has 0 saturated carbocycles. The number of nitrogens with one attached hydrogen (secondary N) is 2. The zero-order valence-corrected chi connectivity index (χ0v) is 17.3. The number of hydrogen-bond donors (Lipinski definition) is 3. The van der Waals surface area contributed by atoms with Crippen molar-refractivity contribution in [2.75, 3.05) is 28.7 Å². The van der Waals surface area contributed by atoms with Crippen LogP contribution in [0, 0.1) is 5.92 Å². The molecule has 0 bridgehead atoms. The maximum Gasteiger partial charge on any atom is 0.224 e. The fraction of sp³-hybridized carbons (Fsp3) is 0.500. The normalized spacial score (nSPS) is 16.7. The third-order valence-electron chi connectivity index (χ3n) is 5.06. The van der Waals surface area contributed by atoms with Gasteiger partial charge >= 0.3 is 0 Å². The molecule has 1 aromatic heterocycles. The van der Waals surface area contributed by atoms with Crippen molar-refractivity contribution in [2.24, 2.45) is 5.92 Å². The summed E-state index contributed by atoms with van der Waals surface area (Å²) >= 11 is 0. The van der Waals surface area contributed by atoms with Crippen LogP contribution < -0.4 is 15.5 Å². The Kier molecular flexibility index (Phi) is 7.41. The molecule has 1 aliphatic heterocycles. The Bertz CT molecular complexity index is 811. The summed E-state index contributed by atoms with van der Waals surface area (Å²) in [5.41, 5.74) is 1.86. The molecule has 156 valence electrons. The fourth-order valence-electron chi connectivity index (χ4n) is 3.63. The van der Waals surface area contributed by atoms with E-state index in [9.17, 15) is 9.90 Å². The summed E-state index contributed by atoms with van der Waals surface area (Å²) in [6.07, 6.45) is 5.31. The summed E-state index contributed by atoms with van der Waals surface area (Å²) in [5, 5.41) is 15.9. The standard InChI is InChI=1S/C22H31N5O2/c1-16(2)10-22(29)26-18-7-5-6-17(11-18)13-23-20-12-21(25-15-24-20)27-9-4-3-8-19(27)14-28/h5-7,11-12,15-16,19,28H,3-4,8-10,13-14H2,1-2H3,(H,26,29)(H,23,24,25). The summed E-state index contributed by atoms with van der Waals surface area (Å²) in [7, 11) is 0. The summed E-state index contributed by atoms with van der Waals surface area (Å²) in [6.45, 7) is 5.70. The number of benzene rings is 1. The van der Waals surface area contributed by atoms with E-state index in [0.717, 1.165) is 48.7 Å². The van der Waals surface area contributed by atoms with Gasteiger partial charge in [-0.25, -0.2) is 9.97 Å². The molecule has 1 aliphatic rings. The molecule has 1 fully saturated rings. The molecule has 0 spiro atoms. The average molecular weight is 398 g/mol. The number of anilines is 3. The highest BCUT2D eigenvalue weighted by Gasteiger charge is 2.23. The zero-order chi connectivity index (χ0) is 20.6. The number of hydrogen-bond acceptors (Lipinski definition) is 6. The maximum absolute atomic E-state index is 12.0. The van der Waals surface area contributed by atoms with Gasteiger partial charge in [-0.3, -0.25) is 4.79 Å². The van der Waals surface area contributed by atoms with Crippen molar-refractivity contribution in [3.05, 3.63) is 42.2 Å². The summed E-state index contributed by atoms with van der Waals surface area (Å²) < 4.78 is 0. The number of carbonyl (C=O) groups excluding carboxylic acids is 1. The number of aliphatic hydroxyl groups excluding tert-OH is 1. The van der Waals surface area contributed by atoms with Crippen LogP contribution in [0.15, 0.2) is 36.7 Å². The predicted octanol–water partition coefficient (Wildman–Crippen LogP) is 3.42. The lowest BCUT2D eigenvalue weighted by Gasteiger charge is -2.35. The van der Waals surface area contributed by atoms with E-state index in [4.69, 9.17) is 0 Å². The van der Waals surface area contributed by atoms with Gasteiger partial charge < -0.3 is 20.6 Å². The van der Waals surface area contributed by atoms with Crippen LogP contribution in [0.25, 0.3) is 0 Å². The largest absolute Gasteiger partial charge is 0.394 e. The van der Waals surface area contributed by atoms with Gasteiger partial charge in [0, 0.05) is 31.3 Å². The van der Waals surface area contributed by atoms with Crippen molar-refractivity contribution >= 4 is 23.2 Å². The first-order valence-corrected chi connectivity index (χ1v) is 10.4. The molecular formula is C22H31N5O2. The van der Waals surface area contributed by atoms with Gasteiger partial charge in [-0.1, -0.05) is 26.0 Å². The monoisotopic (exact) mass is 397 g/mol. The average Bonchev–Trinajstić information content (AvgIpc) is 2.72. The van der Waals surface area contributed by atoms with E-state index in [0.29, 0.717) is 18.9 Å². The van der Waals surface area contributed by atoms with Gasteiger partial charge in [0.25, 0.3) is 0 Å². The predicted molar refractivity (Wildman–Crippen MR) is 116 cm³/mol. The second kappa shape index (κ2) is 10.2. The van der Waals surface area contributed by atoms with E-state index >= 15 is 0 Å². The highest BCUT2D eigenvalue weighted by molar-refractivity contribution is 5.90. The van der Waals surface area contributed by atoms with Gasteiger partial charge in [0.15, 0.2) is 0 Å². The van der Waals surface area contributed by atoms with E-state index in [1.807, 2.05) is 44.2 Å². The molecule has 1 aromatic carbocycles. The van der Waals surface area contributed by atoms with Crippen LogP contribution in [-0.2, 0) is 11.3 Å². The number of rotatable bonds is 8. The van der Waals surface area contributed by atoms with E-state index in [1.165, 1.54) is 0 Å². The van der Waals surface area contributed by atoms with Crippen molar-refractivity contribution in [1.29, 1.82) is 0 Å². The lowest BCUT2D eigenvalue weighted by molar-refractivity contribution is -0.116. The zero-order valence-electron chi connectivity index (χ0n) is 17.3. The van der Waals surface area contributed by atoms with Crippen molar-refractivity contribution in [3.63, 3.8) is 0 Å². The van der Waals surface area contributed by atoms with Gasteiger partial charge in [0.05, 0.1) is 12.6 Å². The van der Waals surface area contributed by atoms with Gasteiger partial charge in [0.2, 0.25) is 5.91 Å². The molecule has 3 rings (SSSR count). The molecule has 2 aromatic rings. The minimum Gasteiger partial charge on any atom is -0.394 e.